The standard InChI is InChI=1S/2C2H4O2S.C2H6O2.CH4O2/c2*3-2(4)1-5;3-1-2-4;1-3-2/h2*5H,1H2,(H,3,4);3-4H,1-2H2;2H,1H3. The van der Waals surface area contributed by atoms with Gasteiger partial charge in [0, 0.05) is 0 Å². The molecule has 0 rings (SSSR count). The molecule has 0 heterocycles. The predicted octanol–water partition coefficient (Wildman–Crippen LogP) is -0.922. The molecule has 106 valence electrons. The summed E-state index contributed by atoms with van der Waals surface area (Å²) in [7, 11) is 1.18. The Morgan fingerprint density at radius 1 is 1.00 bits per heavy atom. The van der Waals surface area contributed by atoms with Gasteiger partial charge in [-0.05, 0) is 0 Å². The smallest absolute Gasteiger partial charge is 0.313 e. The monoisotopic (exact) mass is 294 g/mol. The fourth-order valence-corrected chi connectivity index (χ4v) is 0. The molecule has 0 aliphatic carbocycles. The first-order valence-corrected chi connectivity index (χ1v) is 5.18. The molecule has 0 aromatic carbocycles. The van der Waals surface area contributed by atoms with E-state index in [0.717, 1.165) is 0 Å². The van der Waals surface area contributed by atoms with Crippen molar-refractivity contribution in [2.24, 2.45) is 0 Å². The van der Waals surface area contributed by atoms with Crippen molar-refractivity contribution in [1.82, 2.24) is 0 Å². The average Bonchev–Trinajstić information content (AvgIpc) is 2.31. The third kappa shape index (κ3) is 140. The molecule has 0 atom stereocenters. The molecule has 0 fully saturated rings. The SMILES string of the molecule is COO.O=C(O)CS.O=C(O)CS.OCCO. The third-order valence-electron chi connectivity index (χ3n) is 0.371. The van der Waals surface area contributed by atoms with E-state index in [9.17, 15) is 9.59 Å². The first kappa shape index (κ1) is 25.4. The number of thiol groups is 2. The molecule has 0 saturated carbocycles. The number of carboxylic acids is 2. The zero-order chi connectivity index (χ0) is 14.7. The molecule has 0 aliphatic rings. The van der Waals surface area contributed by atoms with Gasteiger partial charge in [-0.1, -0.05) is 0 Å². The van der Waals surface area contributed by atoms with Crippen LogP contribution in [0.15, 0.2) is 0 Å². The number of carbonyl (C=O) groups is 2. The van der Waals surface area contributed by atoms with Crippen LogP contribution in [0.1, 0.15) is 0 Å². The van der Waals surface area contributed by atoms with Crippen molar-refractivity contribution in [3.63, 3.8) is 0 Å². The molecule has 0 aromatic rings. The van der Waals surface area contributed by atoms with E-state index in [1.165, 1.54) is 7.11 Å². The Morgan fingerprint density at radius 3 is 1.12 bits per heavy atom. The highest BCUT2D eigenvalue weighted by molar-refractivity contribution is 7.81. The highest BCUT2D eigenvalue weighted by atomic mass is 32.1. The summed E-state index contributed by atoms with van der Waals surface area (Å²) in [5.41, 5.74) is 0. The van der Waals surface area contributed by atoms with Crippen molar-refractivity contribution in [3.8, 4) is 0 Å². The van der Waals surface area contributed by atoms with Crippen molar-refractivity contribution < 1.29 is 40.2 Å². The van der Waals surface area contributed by atoms with Crippen molar-refractivity contribution in [1.29, 1.82) is 0 Å². The molecule has 0 spiro atoms. The molecule has 0 saturated heterocycles. The minimum atomic E-state index is -0.881. The van der Waals surface area contributed by atoms with Crippen LogP contribution in [0.2, 0.25) is 0 Å². The molecule has 8 nitrogen and oxygen atoms in total. The summed E-state index contributed by atoms with van der Waals surface area (Å²) in [5, 5.41) is 37.6. The van der Waals surface area contributed by atoms with Crippen molar-refractivity contribution in [2.75, 3.05) is 31.8 Å². The van der Waals surface area contributed by atoms with E-state index < -0.39 is 11.9 Å². The van der Waals surface area contributed by atoms with E-state index in [1.807, 2.05) is 0 Å². The number of hydrogen-bond acceptors (Lipinski definition) is 8. The molecule has 0 unspecified atom stereocenters. The molecule has 0 amide bonds. The molecule has 10 heteroatoms. The van der Waals surface area contributed by atoms with E-state index in [1.54, 1.807) is 0 Å². The topological polar surface area (TPSA) is 145 Å². The lowest BCUT2D eigenvalue weighted by Crippen LogP contribution is -1.92. The second kappa shape index (κ2) is 29.6. The van der Waals surface area contributed by atoms with Crippen LogP contribution in [-0.4, -0.2) is 69.5 Å². The van der Waals surface area contributed by atoms with Gasteiger partial charge < -0.3 is 20.4 Å². The van der Waals surface area contributed by atoms with Crippen molar-refractivity contribution in [3.05, 3.63) is 0 Å². The Kier molecular flexibility index (Phi) is 44.1. The van der Waals surface area contributed by atoms with Gasteiger partial charge in [0.1, 0.15) is 0 Å². The number of hydrogen-bond donors (Lipinski definition) is 7. The van der Waals surface area contributed by atoms with Crippen LogP contribution >= 0.6 is 25.3 Å². The van der Waals surface area contributed by atoms with E-state index in [4.69, 9.17) is 25.7 Å². The van der Waals surface area contributed by atoms with E-state index >= 15 is 0 Å². The molecule has 0 bridgehead atoms. The maximum Gasteiger partial charge on any atom is 0.313 e. The quantitative estimate of drug-likeness (QED) is 0.201. The fourth-order valence-electron chi connectivity index (χ4n) is 0. The summed E-state index contributed by atoms with van der Waals surface area (Å²) in [6, 6.07) is 0. The van der Waals surface area contributed by atoms with Gasteiger partial charge in [0.25, 0.3) is 0 Å². The summed E-state index contributed by atoms with van der Waals surface area (Å²) in [6.45, 7) is -0.250. The summed E-state index contributed by atoms with van der Waals surface area (Å²) in [4.78, 5) is 21.8. The molecule has 0 radical (unpaired) electrons. The molecule has 17 heavy (non-hydrogen) atoms. The first-order chi connectivity index (χ1) is 7.87. The minimum absolute atomic E-state index is 0.0833. The fraction of sp³-hybridized carbons (Fsp3) is 0.714. The summed E-state index contributed by atoms with van der Waals surface area (Å²) in [6.07, 6.45) is 0. The lowest BCUT2D eigenvalue weighted by molar-refractivity contribution is -0.214. The van der Waals surface area contributed by atoms with E-state index in [-0.39, 0.29) is 24.7 Å². The number of rotatable bonds is 3. The largest absolute Gasteiger partial charge is 0.481 e. The molecule has 0 aliphatic heterocycles. The highest BCUT2D eigenvalue weighted by Crippen LogP contribution is 1.66. The first-order valence-electron chi connectivity index (χ1n) is 3.92. The van der Waals surface area contributed by atoms with Crippen LogP contribution in [0.3, 0.4) is 0 Å². The van der Waals surface area contributed by atoms with Crippen LogP contribution in [0.5, 0.6) is 0 Å². The van der Waals surface area contributed by atoms with Crippen LogP contribution < -0.4 is 0 Å². The van der Waals surface area contributed by atoms with Crippen molar-refractivity contribution >= 4 is 37.2 Å². The second-order valence-electron chi connectivity index (χ2n) is 1.73. The van der Waals surface area contributed by atoms with E-state index in [0.29, 0.717) is 0 Å². The molecule has 0 aromatic heterocycles. The van der Waals surface area contributed by atoms with Crippen LogP contribution in [0.4, 0.5) is 0 Å². The maximum atomic E-state index is 9.29. The molecule has 5 N–H and O–H groups in total. The summed E-state index contributed by atoms with van der Waals surface area (Å²) >= 11 is 6.83. The predicted molar refractivity (Wildman–Crippen MR) is 66.8 cm³/mol. The van der Waals surface area contributed by atoms with Gasteiger partial charge in [-0.2, -0.15) is 25.3 Å². The Hall–Kier alpha value is -0.520. The van der Waals surface area contributed by atoms with Gasteiger partial charge in [-0.25, -0.2) is 4.89 Å². The van der Waals surface area contributed by atoms with E-state index in [2.05, 4.69) is 30.1 Å². The Morgan fingerprint density at radius 2 is 1.12 bits per heavy atom. The lowest BCUT2D eigenvalue weighted by atomic mass is 10.8. The highest BCUT2D eigenvalue weighted by Gasteiger charge is 1.82. The van der Waals surface area contributed by atoms with Gasteiger partial charge in [-0.15, -0.1) is 0 Å². The van der Waals surface area contributed by atoms with Crippen molar-refractivity contribution in [2.45, 2.75) is 0 Å². The van der Waals surface area contributed by atoms with Gasteiger partial charge >= 0.3 is 11.9 Å². The second-order valence-corrected chi connectivity index (χ2v) is 2.37. The Balaban J connectivity index is -0.0000000676. The number of aliphatic carboxylic acids is 2. The summed E-state index contributed by atoms with van der Waals surface area (Å²) < 4.78 is 0. The average molecular weight is 294 g/mol. The number of carboxylic acid groups (broad SMARTS) is 2. The van der Waals surface area contributed by atoms with Gasteiger partial charge in [0.05, 0.1) is 31.8 Å². The van der Waals surface area contributed by atoms with Gasteiger partial charge in [-0.3, -0.25) is 14.8 Å². The van der Waals surface area contributed by atoms with Crippen LogP contribution in [0, 0.1) is 0 Å². The molecular formula is C7H18O8S2. The maximum absolute atomic E-state index is 9.29. The Bertz CT molecular complexity index is 139. The third-order valence-corrected chi connectivity index (χ3v) is 0.912. The zero-order valence-electron chi connectivity index (χ0n) is 9.18. The number of aliphatic hydroxyl groups excluding tert-OH is 2. The summed E-state index contributed by atoms with van der Waals surface area (Å²) in [5.74, 6) is -1.93. The normalized spacial score (nSPS) is 7.18. The molecular weight excluding hydrogens is 276 g/mol. The number of aliphatic hydroxyl groups is 2. The Labute approximate surface area is 110 Å². The zero-order valence-corrected chi connectivity index (χ0v) is 11.0. The van der Waals surface area contributed by atoms with Crippen LogP contribution in [0.25, 0.3) is 0 Å². The van der Waals surface area contributed by atoms with Crippen LogP contribution in [-0.2, 0) is 14.5 Å². The lowest BCUT2D eigenvalue weighted by Gasteiger charge is -1.71. The van der Waals surface area contributed by atoms with Gasteiger partial charge in [0.2, 0.25) is 0 Å². The minimum Gasteiger partial charge on any atom is -0.481 e. The van der Waals surface area contributed by atoms with Gasteiger partial charge in [0.15, 0.2) is 0 Å².